The van der Waals surface area contributed by atoms with Crippen LogP contribution in [0.1, 0.15) is 0 Å². The van der Waals surface area contributed by atoms with Gasteiger partial charge < -0.3 is 0 Å². The smallest absolute Gasteiger partial charge is 0.0361 e. The summed E-state index contributed by atoms with van der Waals surface area (Å²) >= 11 is 5.45. The van der Waals surface area contributed by atoms with Crippen molar-refractivity contribution in [2.45, 2.75) is 0 Å². The summed E-state index contributed by atoms with van der Waals surface area (Å²) in [6.07, 6.45) is 0. The van der Waals surface area contributed by atoms with Crippen molar-refractivity contribution < 1.29 is 0 Å². The molecule has 0 saturated heterocycles. The van der Waals surface area contributed by atoms with Crippen LogP contribution in [0.5, 0.6) is 0 Å². The number of rotatable bonds is 1. The van der Waals surface area contributed by atoms with E-state index in [-0.39, 0.29) is 0 Å². The largest absolute Gasteiger partial charge is 0.135 e. The average molecular weight is 389 g/mol. The molecule has 0 aliphatic rings. The zero-order valence-electron chi connectivity index (χ0n) is 12.8. The highest BCUT2D eigenvalue weighted by Crippen LogP contribution is 2.40. The molecule has 0 aliphatic heterocycles. The van der Waals surface area contributed by atoms with Gasteiger partial charge in [-0.25, -0.2) is 0 Å². The zero-order valence-corrected chi connectivity index (χ0v) is 15.2. The van der Waals surface area contributed by atoms with Crippen LogP contribution in [-0.4, -0.2) is 0 Å². The maximum absolute atomic E-state index is 3.58. The SMILES string of the molecule is Brc1cccc(-c2ccc3sc4ccc5ccccc5c4c3c2)c1. The fourth-order valence-corrected chi connectivity index (χ4v) is 4.90. The predicted octanol–water partition coefficient (Wildman–Crippen LogP) is 7.64. The summed E-state index contributed by atoms with van der Waals surface area (Å²) in [7, 11) is 0. The van der Waals surface area contributed by atoms with E-state index in [9.17, 15) is 0 Å². The van der Waals surface area contributed by atoms with Gasteiger partial charge in [-0.15, -0.1) is 11.3 Å². The van der Waals surface area contributed by atoms with Gasteiger partial charge in [-0.3, -0.25) is 0 Å². The number of hydrogen-bond acceptors (Lipinski definition) is 1. The van der Waals surface area contributed by atoms with Crippen LogP contribution >= 0.6 is 27.3 Å². The Morgan fingerprint density at radius 1 is 0.625 bits per heavy atom. The first-order valence-electron chi connectivity index (χ1n) is 7.89. The summed E-state index contributed by atoms with van der Waals surface area (Å²) in [6, 6.07) is 28.4. The van der Waals surface area contributed by atoms with Crippen LogP contribution in [0.2, 0.25) is 0 Å². The molecule has 114 valence electrons. The molecule has 0 radical (unpaired) electrons. The zero-order chi connectivity index (χ0) is 16.1. The van der Waals surface area contributed by atoms with Gasteiger partial charge in [0, 0.05) is 24.6 Å². The van der Waals surface area contributed by atoms with E-state index in [4.69, 9.17) is 0 Å². The molecule has 1 heterocycles. The van der Waals surface area contributed by atoms with Crippen LogP contribution < -0.4 is 0 Å². The quantitative estimate of drug-likeness (QED) is 0.276. The normalized spacial score (nSPS) is 11.5. The van der Waals surface area contributed by atoms with E-state index in [1.165, 1.54) is 42.1 Å². The van der Waals surface area contributed by atoms with Crippen molar-refractivity contribution >= 4 is 58.2 Å². The molecule has 0 atom stereocenters. The third kappa shape index (κ3) is 2.18. The van der Waals surface area contributed by atoms with Gasteiger partial charge in [0.15, 0.2) is 0 Å². The molecule has 0 nitrogen and oxygen atoms in total. The monoisotopic (exact) mass is 388 g/mol. The Morgan fingerprint density at radius 2 is 1.46 bits per heavy atom. The Hall–Kier alpha value is -2.16. The molecule has 0 aliphatic carbocycles. The molecular formula is C22H13BrS. The van der Waals surface area contributed by atoms with Crippen molar-refractivity contribution in [3.63, 3.8) is 0 Å². The predicted molar refractivity (Wildman–Crippen MR) is 110 cm³/mol. The van der Waals surface area contributed by atoms with E-state index in [2.05, 4.69) is 94.8 Å². The second-order valence-corrected chi connectivity index (χ2v) is 7.98. The Balaban J connectivity index is 1.88. The van der Waals surface area contributed by atoms with Crippen molar-refractivity contribution in [1.29, 1.82) is 0 Å². The van der Waals surface area contributed by atoms with Gasteiger partial charge in [0.2, 0.25) is 0 Å². The molecule has 0 spiro atoms. The molecule has 2 heteroatoms. The van der Waals surface area contributed by atoms with E-state index in [1.807, 2.05) is 11.3 Å². The van der Waals surface area contributed by atoms with Crippen molar-refractivity contribution in [1.82, 2.24) is 0 Å². The topological polar surface area (TPSA) is 0 Å². The van der Waals surface area contributed by atoms with Gasteiger partial charge in [-0.2, -0.15) is 0 Å². The molecule has 0 N–H and O–H groups in total. The van der Waals surface area contributed by atoms with E-state index >= 15 is 0 Å². The molecule has 24 heavy (non-hydrogen) atoms. The third-order valence-corrected chi connectivity index (χ3v) is 6.15. The van der Waals surface area contributed by atoms with Crippen LogP contribution in [0.25, 0.3) is 42.1 Å². The van der Waals surface area contributed by atoms with Crippen LogP contribution in [0.3, 0.4) is 0 Å². The molecule has 1 aromatic heterocycles. The minimum absolute atomic E-state index is 1.11. The summed E-state index contributed by atoms with van der Waals surface area (Å²) in [5.74, 6) is 0. The molecule has 0 amide bonds. The molecule has 4 aromatic carbocycles. The highest BCUT2D eigenvalue weighted by Gasteiger charge is 2.10. The fourth-order valence-electron chi connectivity index (χ4n) is 3.39. The fraction of sp³-hybridized carbons (Fsp3) is 0. The molecule has 0 saturated carbocycles. The van der Waals surface area contributed by atoms with Crippen LogP contribution in [-0.2, 0) is 0 Å². The second kappa shape index (κ2) is 5.44. The van der Waals surface area contributed by atoms with Gasteiger partial charge in [-0.1, -0.05) is 64.5 Å². The maximum Gasteiger partial charge on any atom is 0.0361 e. The highest BCUT2D eigenvalue weighted by molar-refractivity contribution is 9.10. The molecule has 5 aromatic rings. The van der Waals surface area contributed by atoms with E-state index < -0.39 is 0 Å². The van der Waals surface area contributed by atoms with Crippen LogP contribution in [0.4, 0.5) is 0 Å². The first-order valence-corrected chi connectivity index (χ1v) is 9.50. The van der Waals surface area contributed by atoms with Crippen molar-refractivity contribution in [2.24, 2.45) is 0 Å². The van der Waals surface area contributed by atoms with Crippen molar-refractivity contribution in [2.75, 3.05) is 0 Å². The summed E-state index contributed by atoms with van der Waals surface area (Å²) in [5, 5.41) is 5.37. The van der Waals surface area contributed by atoms with Crippen molar-refractivity contribution in [3.05, 3.63) is 83.3 Å². The summed E-state index contributed by atoms with van der Waals surface area (Å²) in [6.45, 7) is 0. The third-order valence-electron chi connectivity index (χ3n) is 4.52. The number of hydrogen-bond donors (Lipinski definition) is 0. The van der Waals surface area contributed by atoms with Gasteiger partial charge in [0.05, 0.1) is 0 Å². The minimum Gasteiger partial charge on any atom is -0.135 e. The standard InChI is InChI=1S/C22H13BrS/c23-17-6-3-5-15(12-17)16-9-10-20-19(13-16)22-18-7-2-1-4-14(18)8-11-21(22)24-20/h1-13H. The first-order chi connectivity index (χ1) is 11.8. The van der Waals surface area contributed by atoms with Crippen LogP contribution in [0, 0.1) is 0 Å². The Bertz CT molecular complexity index is 1220. The van der Waals surface area contributed by atoms with E-state index in [0.29, 0.717) is 0 Å². The molecule has 0 unspecified atom stereocenters. The summed E-state index contributed by atoms with van der Waals surface area (Å²) in [5.41, 5.74) is 2.50. The first kappa shape index (κ1) is 14.2. The molecule has 0 fully saturated rings. The number of halogens is 1. The lowest BCUT2D eigenvalue weighted by atomic mass is 10.0. The van der Waals surface area contributed by atoms with E-state index in [1.54, 1.807) is 0 Å². The average Bonchev–Trinajstić information content (AvgIpc) is 3.00. The summed E-state index contributed by atoms with van der Waals surface area (Å²) < 4.78 is 3.82. The Labute approximate surface area is 152 Å². The Morgan fingerprint density at radius 3 is 2.38 bits per heavy atom. The molecule has 0 bridgehead atoms. The lowest BCUT2D eigenvalue weighted by Crippen LogP contribution is -1.78. The van der Waals surface area contributed by atoms with Crippen LogP contribution in [0.15, 0.2) is 83.3 Å². The van der Waals surface area contributed by atoms with Gasteiger partial charge >= 0.3 is 0 Å². The number of fused-ring (bicyclic) bond motifs is 5. The molecule has 5 rings (SSSR count). The van der Waals surface area contributed by atoms with Gasteiger partial charge in [0.1, 0.15) is 0 Å². The lowest BCUT2D eigenvalue weighted by Gasteiger charge is -2.04. The van der Waals surface area contributed by atoms with Crippen molar-refractivity contribution in [3.8, 4) is 11.1 Å². The highest BCUT2D eigenvalue weighted by atomic mass is 79.9. The number of benzene rings is 4. The van der Waals surface area contributed by atoms with Gasteiger partial charge in [0.25, 0.3) is 0 Å². The maximum atomic E-state index is 3.58. The Kier molecular flexibility index (Phi) is 3.22. The van der Waals surface area contributed by atoms with E-state index in [0.717, 1.165) is 4.47 Å². The molecular weight excluding hydrogens is 376 g/mol. The second-order valence-electron chi connectivity index (χ2n) is 5.98. The minimum atomic E-state index is 1.11. The number of thiophene rings is 1. The van der Waals surface area contributed by atoms with Gasteiger partial charge in [-0.05, 0) is 52.2 Å². The lowest BCUT2D eigenvalue weighted by molar-refractivity contribution is 1.62. The summed E-state index contributed by atoms with van der Waals surface area (Å²) in [4.78, 5) is 0.